The first kappa shape index (κ1) is 8.79. The molecule has 0 amide bonds. The van der Waals surface area contributed by atoms with E-state index in [1.54, 1.807) is 0 Å². The molecule has 1 aromatic rings. The second-order valence-corrected chi connectivity index (χ2v) is 3.04. The van der Waals surface area contributed by atoms with E-state index in [1.165, 1.54) is 0 Å². The summed E-state index contributed by atoms with van der Waals surface area (Å²) in [6, 6.07) is 9.27. The fourth-order valence-corrected chi connectivity index (χ4v) is 0.967. The van der Waals surface area contributed by atoms with E-state index in [1.807, 2.05) is 32.0 Å². The maximum absolute atomic E-state index is 3.86. The van der Waals surface area contributed by atoms with Crippen molar-refractivity contribution >= 4 is 11.1 Å². The lowest BCUT2D eigenvalue weighted by molar-refractivity contribution is 1.51. The molecule has 0 nitrogen and oxygen atoms in total. The Morgan fingerprint density at radius 2 is 1.50 bits per heavy atom. The van der Waals surface area contributed by atoms with Crippen LogP contribution in [0.4, 0.5) is 0 Å². The largest absolute Gasteiger partial charge is 0.0955 e. The topological polar surface area (TPSA) is 0 Å². The van der Waals surface area contributed by atoms with Gasteiger partial charge in [-0.05, 0) is 31.0 Å². The number of hydrogen-bond donors (Lipinski definition) is 0. The Morgan fingerprint density at radius 3 is 1.83 bits per heavy atom. The summed E-state index contributed by atoms with van der Waals surface area (Å²) in [4.78, 5) is 0. The minimum absolute atomic E-state index is 1.04. The van der Waals surface area contributed by atoms with E-state index in [-0.39, 0.29) is 0 Å². The van der Waals surface area contributed by atoms with Crippen molar-refractivity contribution in [2.45, 2.75) is 13.8 Å². The van der Waals surface area contributed by atoms with Gasteiger partial charge >= 0.3 is 0 Å². The molecule has 61 valence electrons. The highest BCUT2D eigenvalue weighted by molar-refractivity contribution is 5.67. The van der Waals surface area contributed by atoms with Crippen molar-refractivity contribution in [2.24, 2.45) is 0 Å². The fourth-order valence-electron chi connectivity index (χ4n) is 0.967. The normalized spacial score (nSPS) is 9.50. The number of benzene rings is 1. The van der Waals surface area contributed by atoms with E-state index >= 15 is 0 Å². The molecule has 1 rings (SSSR count). The Balaban J connectivity index is 3.12. The highest BCUT2D eigenvalue weighted by Gasteiger charge is 1.96. The van der Waals surface area contributed by atoms with Crippen molar-refractivity contribution in [3.05, 3.63) is 48.6 Å². The van der Waals surface area contributed by atoms with Crippen LogP contribution in [0.3, 0.4) is 0 Å². The van der Waals surface area contributed by atoms with Crippen LogP contribution in [0.25, 0.3) is 11.1 Å². The van der Waals surface area contributed by atoms with E-state index < -0.39 is 0 Å². The van der Waals surface area contributed by atoms with Gasteiger partial charge in [0.2, 0.25) is 0 Å². The summed E-state index contributed by atoms with van der Waals surface area (Å²) < 4.78 is 0. The maximum Gasteiger partial charge on any atom is -0.00217 e. The van der Waals surface area contributed by atoms with Crippen molar-refractivity contribution in [3.8, 4) is 0 Å². The van der Waals surface area contributed by atoms with Gasteiger partial charge in [0.15, 0.2) is 0 Å². The van der Waals surface area contributed by atoms with E-state index in [0.717, 1.165) is 22.3 Å². The summed E-state index contributed by atoms with van der Waals surface area (Å²) in [6.45, 7) is 11.7. The van der Waals surface area contributed by atoms with Gasteiger partial charge in [-0.2, -0.15) is 0 Å². The average Bonchev–Trinajstić information content (AvgIpc) is 2.04. The zero-order valence-corrected chi connectivity index (χ0v) is 7.65. The van der Waals surface area contributed by atoms with Gasteiger partial charge in [-0.25, -0.2) is 0 Å². The Morgan fingerprint density at radius 1 is 1.08 bits per heavy atom. The predicted octanol–water partition coefficient (Wildman–Crippen LogP) is 3.55. The third-order valence-corrected chi connectivity index (χ3v) is 1.71. The van der Waals surface area contributed by atoms with Crippen LogP contribution in [0, 0.1) is 6.07 Å². The Kier molecular flexibility index (Phi) is 2.49. The number of hydrogen-bond acceptors (Lipinski definition) is 0. The van der Waals surface area contributed by atoms with Gasteiger partial charge in [0.1, 0.15) is 0 Å². The molecule has 0 heteroatoms. The van der Waals surface area contributed by atoms with Crippen LogP contribution in [0.2, 0.25) is 0 Å². The third kappa shape index (κ3) is 1.85. The van der Waals surface area contributed by atoms with E-state index in [0.29, 0.717) is 0 Å². The van der Waals surface area contributed by atoms with Crippen LogP contribution < -0.4 is 0 Å². The monoisotopic (exact) mass is 157 g/mol. The molecule has 0 bridgehead atoms. The van der Waals surface area contributed by atoms with Crippen LogP contribution in [-0.4, -0.2) is 0 Å². The first-order chi connectivity index (χ1) is 5.61. The van der Waals surface area contributed by atoms with Gasteiger partial charge in [-0.1, -0.05) is 42.5 Å². The molecule has 0 saturated heterocycles. The quantitative estimate of drug-likeness (QED) is 0.615. The minimum Gasteiger partial charge on any atom is -0.0955 e. The Hall–Kier alpha value is -1.30. The van der Waals surface area contributed by atoms with Crippen LogP contribution in [0.5, 0.6) is 0 Å². The smallest absolute Gasteiger partial charge is 0.00217 e. The Labute approximate surface area is 74.2 Å². The van der Waals surface area contributed by atoms with Crippen molar-refractivity contribution in [3.63, 3.8) is 0 Å². The van der Waals surface area contributed by atoms with E-state index in [4.69, 9.17) is 0 Å². The molecule has 0 fully saturated rings. The molecule has 0 aromatic heterocycles. The van der Waals surface area contributed by atoms with Crippen molar-refractivity contribution in [1.29, 1.82) is 0 Å². The molecule has 1 aromatic carbocycles. The van der Waals surface area contributed by atoms with Crippen molar-refractivity contribution in [2.75, 3.05) is 0 Å². The molecule has 0 aliphatic carbocycles. The first-order valence-electron chi connectivity index (χ1n) is 3.95. The van der Waals surface area contributed by atoms with Crippen LogP contribution in [-0.2, 0) is 0 Å². The van der Waals surface area contributed by atoms with Gasteiger partial charge < -0.3 is 0 Å². The van der Waals surface area contributed by atoms with E-state index in [9.17, 15) is 0 Å². The second-order valence-electron chi connectivity index (χ2n) is 3.04. The molecule has 0 atom stereocenters. The lowest BCUT2D eigenvalue weighted by Crippen LogP contribution is -1.82. The molecular formula is C12H13. The summed E-state index contributed by atoms with van der Waals surface area (Å²) in [6.07, 6.45) is 0. The summed E-state index contributed by atoms with van der Waals surface area (Å²) in [5.74, 6) is 0. The molecular weight excluding hydrogens is 144 g/mol. The van der Waals surface area contributed by atoms with Crippen LogP contribution >= 0.6 is 0 Å². The highest BCUT2D eigenvalue weighted by Crippen LogP contribution is 2.16. The summed E-state index contributed by atoms with van der Waals surface area (Å²) in [5, 5.41) is 0. The van der Waals surface area contributed by atoms with Crippen molar-refractivity contribution < 1.29 is 0 Å². The zero-order valence-electron chi connectivity index (χ0n) is 7.65. The molecule has 0 aliphatic rings. The number of rotatable bonds is 2. The average molecular weight is 157 g/mol. The molecule has 0 saturated carbocycles. The summed E-state index contributed by atoms with van der Waals surface area (Å²) in [7, 11) is 0. The van der Waals surface area contributed by atoms with Gasteiger partial charge in [-0.15, -0.1) is 0 Å². The SMILES string of the molecule is C=C(C)c1[c]c(C(=C)C)ccc1. The van der Waals surface area contributed by atoms with E-state index in [2.05, 4.69) is 19.2 Å². The molecule has 1 radical (unpaired) electrons. The molecule has 0 aliphatic heterocycles. The van der Waals surface area contributed by atoms with Crippen molar-refractivity contribution in [1.82, 2.24) is 0 Å². The highest BCUT2D eigenvalue weighted by atomic mass is 14.0. The maximum atomic E-state index is 3.86. The molecule has 0 spiro atoms. The lowest BCUT2D eigenvalue weighted by atomic mass is 10.0. The third-order valence-electron chi connectivity index (χ3n) is 1.71. The minimum atomic E-state index is 1.04. The molecule has 0 heterocycles. The van der Waals surface area contributed by atoms with Crippen LogP contribution in [0.1, 0.15) is 25.0 Å². The van der Waals surface area contributed by atoms with Gasteiger partial charge in [0.25, 0.3) is 0 Å². The molecule has 0 N–H and O–H groups in total. The van der Waals surface area contributed by atoms with Gasteiger partial charge in [0.05, 0.1) is 0 Å². The Bertz CT molecular complexity index is 289. The molecule has 0 unspecified atom stereocenters. The van der Waals surface area contributed by atoms with Crippen LogP contribution in [0.15, 0.2) is 31.4 Å². The fraction of sp³-hybridized carbons (Fsp3) is 0.167. The van der Waals surface area contributed by atoms with Gasteiger partial charge in [0, 0.05) is 0 Å². The zero-order chi connectivity index (χ0) is 9.14. The molecule has 12 heavy (non-hydrogen) atoms. The standard InChI is InChI=1S/C12H13/c1-9(2)11-6-5-7-12(8-11)10(3)4/h5-7H,1,3H2,2,4H3. The first-order valence-corrected chi connectivity index (χ1v) is 3.95. The summed E-state index contributed by atoms with van der Waals surface area (Å²) in [5.41, 5.74) is 4.21. The lowest BCUT2D eigenvalue weighted by Gasteiger charge is -2.02. The number of allylic oxidation sites excluding steroid dienone is 2. The second kappa shape index (κ2) is 3.40. The summed E-state index contributed by atoms with van der Waals surface area (Å²) >= 11 is 0. The predicted molar refractivity (Wildman–Crippen MR) is 54.7 cm³/mol. The van der Waals surface area contributed by atoms with Gasteiger partial charge in [-0.3, -0.25) is 0 Å².